The Morgan fingerprint density at radius 2 is 1.77 bits per heavy atom. The van der Waals surface area contributed by atoms with Gasteiger partial charge < -0.3 is 20.1 Å². The van der Waals surface area contributed by atoms with E-state index in [4.69, 9.17) is 4.65 Å². The van der Waals surface area contributed by atoms with Crippen LogP contribution >= 0.6 is 0 Å². The molecule has 1 aromatic rings. The van der Waals surface area contributed by atoms with Crippen molar-refractivity contribution < 1.29 is 19.6 Å². The molecule has 0 spiro atoms. The van der Waals surface area contributed by atoms with Gasteiger partial charge in [-0.15, -0.1) is 0 Å². The molecule has 120 valence electrons. The number of rotatable bonds is 6. The second kappa shape index (κ2) is 6.03. The second-order valence-electron chi connectivity index (χ2n) is 6.91. The Kier molecular flexibility index (Phi) is 4.66. The van der Waals surface area contributed by atoms with Crippen molar-refractivity contribution in [3.63, 3.8) is 0 Å². The molecule has 0 saturated heterocycles. The molecule has 1 fully saturated rings. The Morgan fingerprint density at radius 3 is 2.23 bits per heavy atom. The molecule has 0 bridgehead atoms. The first kappa shape index (κ1) is 17.0. The molecule has 5 nitrogen and oxygen atoms in total. The molecule has 3 N–H and O–H groups in total. The summed E-state index contributed by atoms with van der Waals surface area (Å²) in [5.74, 6) is -0.0960. The molecule has 0 heterocycles. The second-order valence-corrected chi connectivity index (χ2v) is 6.91. The highest BCUT2D eigenvalue weighted by Gasteiger charge is 2.39. The molecule has 0 atom stereocenters. The summed E-state index contributed by atoms with van der Waals surface area (Å²) >= 11 is 0. The summed E-state index contributed by atoms with van der Waals surface area (Å²) in [6, 6.07) is 6.96. The van der Waals surface area contributed by atoms with Crippen molar-refractivity contribution in [1.82, 2.24) is 5.32 Å². The summed E-state index contributed by atoms with van der Waals surface area (Å²) in [6.45, 7) is 6.69. The van der Waals surface area contributed by atoms with E-state index in [1.165, 1.54) is 0 Å². The van der Waals surface area contributed by atoms with Gasteiger partial charge in [-0.2, -0.15) is 0 Å². The van der Waals surface area contributed by atoms with Crippen molar-refractivity contribution in [2.24, 2.45) is 0 Å². The zero-order chi connectivity index (χ0) is 16.5. The van der Waals surface area contributed by atoms with E-state index in [0.29, 0.717) is 17.1 Å². The quantitative estimate of drug-likeness (QED) is 0.680. The van der Waals surface area contributed by atoms with E-state index in [0.717, 1.165) is 12.8 Å². The van der Waals surface area contributed by atoms with Gasteiger partial charge in [-0.05, 0) is 58.1 Å². The van der Waals surface area contributed by atoms with Crippen molar-refractivity contribution in [3.8, 4) is 0 Å². The number of aliphatic hydroxyl groups is 1. The summed E-state index contributed by atoms with van der Waals surface area (Å²) in [4.78, 5) is 11.9. The largest absolute Gasteiger partial charge is 0.491 e. The minimum absolute atomic E-state index is 0.0960. The van der Waals surface area contributed by atoms with E-state index in [2.05, 4.69) is 5.32 Å². The normalized spacial score (nSPS) is 15.5. The summed E-state index contributed by atoms with van der Waals surface area (Å²) in [5, 5.41) is 23.1. The first-order valence-corrected chi connectivity index (χ1v) is 7.59. The predicted molar refractivity (Wildman–Crippen MR) is 86.0 cm³/mol. The highest BCUT2D eigenvalue weighted by Crippen LogP contribution is 2.25. The molecule has 1 aliphatic rings. The number of hydrogen-bond donors (Lipinski definition) is 3. The van der Waals surface area contributed by atoms with Gasteiger partial charge in [-0.1, -0.05) is 12.1 Å². The van der Waals surface area contributed by atoms with Crippen LogP contribution in [0.1, 0.15) is 50.9 Å². The third-order valence-electron chi connectivity index (χ3n) is 4.25. The Labute approximate surface area is 131 Å². The molecule has 2 rings (SSSR count). The van der Waals surface area contributed by atoms with Crippen molar-refractivity contribution >= 4 is 18.5 Å². The van der Waals surface area contributed by atoms with Crippen LogP contribution in [-0.4, -0.2) is 40.4 Å². The van der Waals surface area contributed by atoms with Crippen LogP contribution in [-0.2, 0) is 4.65 Å². The Morgan fingerprint density at radius 1 is 1.23 bits per heavy atom. The van der Waals surface area contributed by atoms with E-state index in [1.807, 2.05) is 0 Å². The molecule has 1 aromatic carbocycles. The maximum atomic E-state index is 11.9. The average molecular weight is 305 g/mol. The van der Waals surface area contributed by atoms with Gasteiger partial charge >= 0.3 is 7.12 Å². The van der Waals surface area contributed by atoms with Gasteiger partial charge in [0.2, 0.25) is 0 Å². The third-order valence-corrected chi connectivity index (χ3v) is 4.25. The fourth-order valence-corrected chi connectivity index (χ4v) is 1.79. The topological polar surface area (TPSA) is 78.8 Å². The van der Waals surface area contributed by atoms with Gasteiger partial charge in [0.15, 0.2) is 0 Å². The monoisotopic (exact) mass is 305 g/mol. The summed E-state index contributed by atoms with van der Waals surface area (Å²) in [5.41, 5.74) is -0.920. The summed E-state index contributed by atoms with van der Waals surface area (Å²) in [6.07, 6.45) is 2.09. The van der Waals surface area contributed by atoms with Gasteiger partial charge in [-0.25, -0.2) is 0 Å². The number of nitrogens with one attached hydrogen (secondary N) is 1. The van der Waals surface area contributed by atoms with Crippen molar-refractivity contribution in [3.05, 3.63) is 29.8 Å². The van der Waals surface area contributed by atoms with Crippen LogP contribution in [0.3, 0.4) is 0 Å². The molecule has 0 unspecified atom stereocenters. The van der Waals surface area contributed by atoms with Gasteiger partial charge in [-0.3, -0.25) is 4.79 Å². The Hall–Kier alpha value is -1.37. The summed E-state index contributed by atoms with van der Waals surface area (Å²) in [7, 11) is -1.16. The van der Waals surface area contributed by atoms with Crippen molar-refractivity contribution in [2.75, 3.05) is 0 Å². The molecule has 1 saturated carbocycles. The minimum atomic E-state index is -1.16. The fourth-order valence-electron chi connectivity index (χ4n) is 1.79. The first-order valence-electron chi connectivity index (χ1n) is 7.59. The van der Waals surface area contributed by atoms with E-state index in [9.17, 15) is 14.9 Å². The molecule has 6 heteroatoms. The molecule has 1 aliphatic carbocycles. The molecule has 1 amide bonds. The number of amides is 1. The van der Waals surface area contributed by atoms with Crippen LogP contribution in [0, 0.1) is 0 Å². The number of carbonyl (C=O) groups is 1. The van der Waals surface area contributed by atoms with Crippen LogP contribution in [0.5, 0.6) is 0 Å². The average Bonchev–Trinajstić information content (AvgIpc) is 3.21. The molecular weight excluding hydrogens is 281 g/mol. The van der Waals surface area contributed by atoms with E-state index in [1.54, 1.807) is 52.0 Å². The van der Waals surface area contributed by atoms with Crippen LogP contribution in [0.2, 0.25) is 0 Å². The lowest BCUT2D eigenvalue weighted by atomic mass is 9.76. The smallest absolute Gasteiger partial charge is 0.423 e. The lowest BCUT2D eigenvalue weighted by molar-refractivity contribution is -0.0982. The zero-order valence-corrected chi connectivity index (χ0v) is 13.6. The van der Waals surface area contributed by atoms with Gasteiger partial charge in [0.25, 0.3) is 5.91 Å². The van der Waals surface area contributed by atoms with Crippen molar-refractivity contribution in [1.29, 1.82) is 0 Å². The standard InChI is InChI=1S/C16H24BNO4/c1-15(2,20)16(3,4)22-17(21)12-7-5-11(6-8-12)14(19)18-13-9-10-13/h5-8,13,20-21H,9-10H2,1-4H3,(H,18,19). The van der Waals surface area contributed by atoms with Crippen LogP contribution in [0.4, 0.5) is 0 Å². The molecular formula is C16H24BNO4. The molecule has 0 radical (unpaired) electrons. The van der Waals surface area contributed by atoms with Crippen LogP contribution in [0.25, 0.3) is 0 Å². The SMILES string of the molecule is CC(C)(O)C(C)(C)OB(O)c1ccc(C(=O)NC2CC2)cc1. The number of benzene rings is 1. The molecule has 0 aliphatic heterocycles. The molecule has 22 heavy (non-hydrogen) atoms. The lowest BCUT2D eigenvalue weighted by Crippen LogP contribution is -2.53. The van der Waals surface area contributed by atoms with E-state index >= 15 is 0 Å². The predicted octanol–water partition coefficient (Wildman–Crippen LogP) is 0.832. The lowest BCUT2D eigenvalue weighted by Gasteiger charge is -2.38. The third kappa shape index (κ3) is 4.09. The number of hydrogen-bond acceptors (Lipinski definition) is 4. The van der Waals surface area contributed by atoms with E-state index < -0.39 is 18.3 Å². The van der Waals surface area contributed by atoms with Crippen LogP contribution < -0.4 is 10.8 Å². The van der Waals surface area contributed by atoms with Gasteiger partial charge in [0, 0.05) is 11.6 Å². The maximum Gasteiger partial charge on any atom is 0.491 e. The maximum absolute atomic E-state index is 11.9. The number of carbonyl (C=O) groups excluding carboxylic acids is 1. The fraction of sp³-hybridized carbons (Fsp3) is 0.562. The van der Waals surface area contributed by atoms with Gasteiger partial charge in [0.1, 0.15) is 0 Å². The zero-order valence-electron chi connectivity index (χ0n) is 13.6. The Balaban J connectivity index is 2.01. The first-order chi connectivity index (χ1) is 10.1. The highest BCUT2D eigenvalue weighted by atomic mass is 16.5. The minimum Gasteiger partial charge on any atom is -0.423 e. The highest BCUT2D eigenvalue weighted by molar-refractivity contribution is 6.60. The Bertz CT molecular complexity index is 532. The van der Waals surface area contributed by atoms with E-state index in [-0.39, 0.29) is 5.91 Å². The van der Waals surface area contributed by atoms with Crippen LogP contribution in [0.15, 0.2) is 24.3 Å². The summed E-state index contributed by atoms with van der Waals surface area (Å²) < 4.78 is 5.57. The molecule has 0 aromatic heterocycles. The van der Waals surface area contributed by atoms with Crippen molar-refractivity contribution in [2.45, 2.75) is 57.8 Å². The van der Waals surface area contributed by atoms with Gasteiger partial charge in [0.05, 0.1) is 11.2 Å².